The Morgan fingerprint density at radius 1 is 1.33 bits per heavy atom. The van der Waals surface area contributed by atoms with Crippen LogP contribution in [0.2, 0.25) is 0 Å². The lowest BCUT2D eigenvalue weighted by molar-refractivity contribution is 0.594. The van der Waals surface area contributed by atoms with Crippen LogP contribution in [-0.4, -0.2) is 12.4 Å². The third-order valence-electron chi connectivity index (χ3n) is 1.54. The monoisotopic (exact) mass is 187 g/mol. The fourth-order valence-corrected chi connectivity index (χ4v) is 1.07. The molecule has 0 heterocycles. The Balaban J connectivity index is 2.46. The van der Waals surface area contributed by atoms with E-state index in [1.807, 2.05) is 6.07 Å². The first kappa shape index (κ1) is 9.49. The van der Waals surface area contributed by atoms with E-state index < -0.39 is 0 Å². The lowest BCUT2D eigenvalue weighted by atomic mass is 10.2. The zero-order chi connectivity index (χ0) is 8.81. The summed E-state index contributed by atoms with van der Waals surface area (Å²) in [5, 5.41) is 3.02. The molecule has 0 radical (unpaired) electrons. The molecule has 0 saturated heterocycles. The summed E-state index contributed by atoms with van der Waals surface area (Å²) in [5.74, 6) is 0.383. The molecule has 0 spiro atoms. The maximum absolute atomic E-state index is 12.9. The molecule has 0 bridgehead atoms. The lowest BCUT2D eigenvalue weighted by Gasteiger charge is -2.02. The molecule has 1 aromatic carbocycles. The standard InChI is InChI=1S/C9H11ClFN/c10-5-6-12-7-8-3-1-2-4-9(8)11/h1-4,12H,5-7H2. The van der Waals surface area contributed by atoms with Crippen molar-refractivity contribution in [2.45, 2.75) is 6.54 Å². The predicted molar refractivity (Wildman–Crippen MR) is 48.8 cm³/mol. The van der Waals surface area contributed by atoms with Crippen molar-refractivity contribution in [1.29, 1.82) is 0 Å². The highest BCUT2D eigenvalue weighted by Crippen LogP contribution is 2.04. The van der Waals surface area contributed by atoms with E-state index in [1.165, 1.54) is 6.07 Å². The van der Waals surface area contributed by atoms with Gasteiger partial charge in [-0.2, -0.15) is 0 Å². The van der Waals surface area contributed by atoms with E-state index >= 15 is 0 Å². The van der Waals surface area contributed by atoms with Crippen molar-refractivity contribution in [3.8, 4) is 0 Å². The number of rotatable bonds is 4. The molecule has 1 rings (SSSR count). The molecular formula is C9H11ClFN. The number of halogens is 2. The minimum Gasteiger partial charge on any atom is -0.311 e. The highest BCUT2D eigenvalue weighted by Gasteiger charge is 1.97. The molecule has 3 heteroatoms. The Morgan fingerprint density at radius 3 is 2.75 bits per heavy atom. The van der Waals surface area contributed by atoms with Gasteiger partial charge in [0.25, 0.3) is 0 Å². The van der Waals surface area contributed by atoms with Crippen molar-refractivity contribution >= 4 is 11.6 Å². The van der Waals surface area contributed by atoms with Crippen LogP contribution in [0.3, 0.4) is 0 Å². The van der Waals surface area contributed by atoms with Gasteiger partial charge < -0.3 is 5.32 Å². The first-order valence-electron chi connectivity index (χ1n) is 3.84. The molecule has 1 aromatic rings. The molecule has 66 valence electrons. The van der Waals surface area contributed by atoms with Crippen LogP contribution in [0, 0.1) is 5.82 Å². The SMILES string of the molecule is Fc1ccccc1CNCCCl. The summed E-state index contributed by atoms with van der Waals surface area (Å²) >= 11 is 5.45. The van der Waals surface area contributed by atoms with E-state index in [0.717, 1.165) is 0 Å². The number of alkyl halides is 1. The molecule has 0 aliphatic carbocycles. The van der Waals surface area contributed by atoms with Crippen LogP contribution in [0.1, 0.15) is 5.56 Å². The van der Waals surface area contributed by atoms with Crippen LogP contribution in [0.25, 0.3) is 0 Å². The van der Waals surface area contributed by atoms with E-state index in [2.05, 4.69) is 5.32 Å². The smallest absolute Gasteiger partial charge is 0.127 e. The van der Waals surface area contributed by atoms with Gasteiger partial charge in [0.15, 0.2) is 0 Å². The third-order valence-corrected chi connectivity index (χ3v) is 1.73. The van der Waals surface area contributed by atoms with Gasteiger partial charge in [-0.25, -0.2) is 4.39 Å². The van der Waals surface area contributed by atoms with Gasteiger partial charge in [-0.05, 0) is 6.07 Å². The maximum atomic E-state index is 12.9. The zero-order valence-electron chi connectivity index (χ0n) is 6.69. The third kappa shape index (κ3) is 2.80. The quantitative estimate of drug-likeness (QED) is 0.563. The molecule has 0 aromatic heterocycles. The van der Waals surface area contributed by atoms with E-state index in [0.29, 0.717) is 24.5 Å². The van der Waals surface area contributed by atoms with E-state index in [9.17, 15) is 4.39 Å². The van der Waals surface area contributed by atoms with Crippen molar-refractivity contribution in [2.24, 2.45) is 0 Å². The maximum Gasteiger partial charge on any atom is 0.127 e. The predicted octanol–water partition coefficient (Wildman–Crippen LogP) is 2.15. The molecule has 1 N–H and O–H groups in total. The number of hydrogen-bond acceptors (Lipinski definition) is 1. The van der Waals surface area contributed by atoms with Crippen LogP contribution < -0.4 is 5.32 Å². The van der Waals surface area contributed by atoms with Crippen molar-refractivity contribution < 1.29 is 4.39 Å². The van der Waals surface area contributed by atoms with Crippen LogP contribution in [0.4, 0.5) is 4.39 Å². The van der Waals surface area contributed by atoms with E-state index in [-0.39, 0.29) is 5.82 Å². The molecule has 0 atom stereocenters. The molecule has 0 amide bonds. The van der Waals surface area contributed by atoms with Gasteiger partial charge in [0, 0.05) is 24.5 Å². The second-order valence-corrected chi connectivity index (χ2v) is 2.84. The van der Waals surface area contributed by atoms with Gasteiger partial charge in [0.05, 0.1) is 0 Å². The van der Waals surface area contributed by atoms with Crippen molar-refractivity contribution in [1.82, 2.24) is 5.32 Å². The molecule has 0 unspecified atom stereocenters. The number of hydrogen-bond donors (Lipinski definition) is 1. The Bertz CT molecular complexity index is 240. The van der Waals surface area contributed by atoms with Gasteiger partial charge in [0.1, 0.15) is 5.82 Å². The van der Waals surface area contributed by atoms with Crippen molar-refractivity contribution in [3.05, 3.63) is 35.6 Å². The molecule has 1 nitrogen and oxygen atoms in total. The normalized spacial score (nSPS) is 10.2. The molecular weight excluding hydrogens is 177 g/mol. The summed E-state index contributed by atoms with van der Waals surface area (Å²) in [6, 6.07) is 6.72. The Kier molecular flexibility index (Phi) is 4.05. The minimum atomic E-state index is -0.167. The largest absolute Gasteiger partial charge is 0.311 e. The van der Waals surface area contributed by atoms with Crippen LogP contribution >= 0.6 is 11.6 Å². The Morgan fingerprint density at radius 2 is 2.08 bits per heavy atom. The summed E-state index contributed by atoms with van der Waals surface area (Å²) in [7, 11) is 0. The summed E-state index contributed by atoms with van der Waals surface area (Å²) in [4.78, 5) is 0. The lowest BCUT2D eigenvalue weighted by Crippen LogP contribution is -2.16. The average Bonchev–Trinajstić information content (AvgIpc) is 2.09. The van der Waals surface area contributed by atoms with Crippen molar-refractivity contribution in [3.63, 3.8) is 0 Å². The summed E-state index contributed by atoms with van der Waals surface area (Å²) < 4.78 is 12.9. The molecule has 0 aliphatic rings. The highest BCUT2D eigenvalue weighted by molar-refractivity contribution is 6.18. The molecule has 0 aliphatic heterocycles. The van der Waals surface area contributed by atoms with Crippen LogP contribution in [0.5, 0.6) is 0 Å². The van der Waals surface area contributed by atoms with E-state index in [1.54, 1.807) is 12.1 Å². The summed E-state index contributed by atoms with van der Waals surface area (Å²) in [6.45, 7) is 1.25. The average molecular weight is 188 g/mol. The second kappa shape index (κ2) is 5.12. The number of nitrogens with one attached hydrogen (secondary N) is 1. The second-order valence-electron chi connectivity index (χ2n) is 2.46. The topological polar surface area (TPSA) is 12.0 Å². The van der Waals surface area contributed by atoms with Crippen molar-refractivity contribution in [2.75, 3.05) is 12.4 Å². The zero-order valence-corrected chi connectivity index (χ0v) is 7.44. The van der Waals surface area contributed by atoms with Crippen LogP contribution in [0.15, 0.2) is 24.3 Å². The van der Waals surface area contributed by atoms with Gasteiger partial charge in [-0.3, -0.25) is 0 Å². The molecule has 12 heavy (non-hydrogen) atoms. The van der Waals surface area contributed by atoms with Crippen LogP contribution in [-0.2, 0) is 6.54 Å². The van der Waals surface area contributed by atoms with Gasteiger partial charge in [-0.1, -0.05) is 18.2 Å². The molecule has 0 saturated carbocycles. The van der Waals surface area contributed by atoms with Gasteiger partial charge in [-0.15, -0.1) is 11.6 Å². The van der Waals surface area contributed by atoms with Gasteiger partial charge in [0.2, 0.25) is 0 Å². The minimum absolute atomic E-state index is 0.167. The Hall–Kier alpha value is -0.600. The highest BCUT2D eigenvalue weighted by atomic mass is 35.5. The first-order chi connectivity index (χ1) is 5.84. The fourth-order valence-electron chi connectivity index (χ4n) is 0.932. The van der Waals surface area contributed by atoms with Gasteiger partial charge >= 0.3 is 0 Å². The summed E-state index contributed by atoms with van der Waals surface area (Å²) in [6.07, 6.45) is 0. The fraction of sp³-hybridized carbons (Fsp3) is 0.333. The molecule has 0 fully saturated rings. The van der Waals surface area contributed by atoms with E-state index in [4.69, 9.17) is 11.6 Å². The summed E-state index contributed by atoms with van der Waals surface area (Å²) in [5.41, 5.74) is 0.683. The Labute approximate surface area is 76.5 Å². The number of benzene rings is 1. The first-order valence-corrected chi connectivity index (χ1v) is 4.38.